The van der Waals surface area contributed by atoms with Gasteiger partial charge in [-0.25, -0.2) is 0 Å². The van der Waals surface area contributed by atoms with Crippen LogP contribution < -0.4 is 11.1 Å². The molecule has 0 aliphatic rings. The lowest BCUT2D eigenvalue weighted by atomic mass is 10.1. The summed E-state index contributed by atoms with van der Waals surface area (Å²) in [6, 6.07) is 8.97. The summed E-state index contributed by atoms with van der Waals surface area (Å²) in [5.74, 6) is 5.49. The van der Waals surface area contributed by atoms with Crippen molar-refractivity contribution in [2.45, 2.75) is 6.92 Å². The van der Waals surface area contributed by atoms with Crippen molar-refractivity contribution in [1.29, 1.82) is 0 Å². The third kappa shape index (κ3) is 3.44. The van der Waals surface area contributed by atoms with E-state index >= 15 is 0 Å². The number of nitrogens with two attached hydrogens (primary N) is 1. The van der Waals surface area contributed by atoms with Gasteiger partial charge < -0.3 is 11.1 Å². The Hall–Kier alpha value is -2.64. The summed E-state index contributed by atoms with van der Waals surface area (Å²) in [7, 11) is 0. The quantitative estimate of drug-likeness (QED) is 0.815. The molecule has 1 aromatic carbocycles. The number of benzene rings is 1. The maximum absolute atomic E-state index is 12.2. The third-order valence-corrected chi connectivity index (χ3v) is 2.75. The molecule has 0 aliphatic carbocycles. The number of nitrogens with one attached hydrogen (secondary N) is 1. The number of hydrogen-bond acceptors (Lipinski definition) is 3. The predicted octanol–water partition coefficient (Wildman–Crippen LogP) is 1.95. The zero-order valence-electron chi connectivity index (χ0n) is 11.2. The van der Waals surface area contributed by atoms with E-state index in [9.17, 15) is 4.79 Å². The van der Waals surface area contributed by atoms with Gasteiger partial charge in [-0.3, -0.25) is 9.78 Å². The van der Waals surface area contributed by atoms with Crippen molar-refractivity contribution in [2.24, 2.45) is 5.73 Å². The van der Waals surface area contributed by atoms with E-state index in [4.69, 9.17) is 5.73 Å². The van der Waals surface area contributed by atoms with Crippen LogP contribution in [0, 0.1) is 18.8 Å². The van der Waals surface area contributed by atoms with E-state index in [1.165, 1.54) is 0 Å². The van der Waals surface area contributed by atoms with Gasteiger partial charge in [-0.2, -0.15) is 0 Å². The van der Waals surface area contributed by atoms with E-state index < -0.39 is 0 Å². The summed E-state index contributed by atoms with van der Waals surface area (Å²) >= 11 is 0. The number of rotatable bonds is 2. The first kappa shape index (κ1) is 13.8. The maximum Gasteiger partial charge on any atom is 0.255 e. The summed E-state index contributed by atoms with van der Waals surface area (Å²) in [4.78, 5) is 16.2. The number of pyridine rings is 1. The Labute approximate surface area is 118 Å². The van der Waals surface area contributed by atoms with E-state index in [1.807, 2.05) is 19.1 Å². The number of carbonyl (C=O) groups excluding carboxylic acids is 1. The van der Waals surface area contributed by atoms with E-state index in [1.54, 1.807) is 30.6 Å². The lowest BCUT2D eigenvalue weighted by Gasteiger charge is -2.07. The first-order valence-electron chi connectivity index (χ1n) is 6.21. The Bertz CT molecular complexity index is 683. The number of hydrogen-bond donors (Lipinski definition) is 2. The van der Waals surface area contributed by atoms with Gasteiger partial charge >= 0.3 is 0 Å². The molecular formula is C16H15N3O. The average molecular weight is 265 g/mol. The Balaban J connectivity index is 2.19. The van der Waals surface area contributed by atoms with Crippen LogP contribution in [0.2, 0.25) is 0 Å². The van der Waals surface area contributed by atoms with Crippen molar-refractivity contribution in [2.75, 3.05) is 11.9 Å². The van der Waals surface area contributed by atoms with E-state index in [0.29, 0.717) is 17.8 Å². The topological polar surface area (TPSA) is 68.0 Å². The van der Waals surface area contributed by atoms with Crippen molar-refractivity contribution in [3.05, 3.63) is 59.4 Å². The molecule has 0 atom stereocenters. The summed E-state index contributed by atoms with van der Waals surface area (Å²) in [5.41, 5.74) is 8.33. The van der Waals surface area contributed by atoms with Crippen LogP contribution in [0.15, 0.2) is 42.7 Å². The molecule has 20 heavy (non-hydrogen) atoms. The highest BCUT2D eigenvalue weighted by Crippen LogP contribution is 2.13. The van der Waals surface area contributed by atoms with Crippen LogP contribution in [0.3, 0.4) is 0 Å². The highest BCUT2D eigenvalue weighted by molar-refractivity contribution is 6.04. The number of carbonyl (C=O) groups is 1. The van der Waals surface area contributed by atoms with Gasteiger partial charge in [0.15, 0.2) is 0 Å². The van der Waals surface area contributed by atoms with E-state index in [0.717, 1.165) is 11.1 Å². The summed E-state index contributed by atoms with van der Waals surface area (Å²) < 4.78 is 0. The Kier molecular flexibility index (Phi) is 4.48. The second-order valence-corrected chi connectivity index (χ2v) is 4.23. The van der Waals surface area contributed by atoms with Gasteiger partial charge in [-0.1, -0.05) is 17.9 Å². The molecule has 4 nitrogen and oxygen atoms in total. The van der Waals surface area contributed by atoms with Crippen LogP contribution >= 0.6 is 0 Å². The Morgan fingerprint density at radius 3 is 3.00 bits per heavy atom. The van der Waals surface area contributed by atoms with Gasteiger partial charge in [0, 0.05) is 17.3 Å². The first-order valence-corrected chi connectivity index (χ1v) is 6.21. The molecule has 0 aliphatic heterocycles. The molecule has 1 aromatic heterocycles. The van der Waals surface area contributed by atoms with Crippen molar-refractivity contribution in [3.8, 4) is 11.8 Å². The fraction of sp³-hybridized carbons (Fsp3) is 0.125. The highest BCUT2D eigenvalue weighted by atomic mass is 16.1. The number of aryl methyl sites for hydroxylation is 1. The number of amides is 1. The second-order valence-electron chi connectivity index (χ2n) is 4.23. The first-order chi connectivity index (χ1) is 9.70. The molecule has 0 saturated heterocycles. The summed E-state index contributed by atoms with van der Waals surface area (Å²) in [6.07, 6.45) is 3.32. The van der Waals surface area contributed by atoms with Crippen LogP contribution in [0.25, 0.3) is 0 Å². The number of anilines is 1. The average Bonchev–Trinajstić information content (AvgIpc) is 2.48. The molecule has 3 N–H and O–H groups in total. The fourth-order valence-electron chi connectivity index (χ4n) is 1.68. The molecule has 0 radical (unpaired) electrons. The van der Waals surface area contributed by atoms with Gasteiger partial charge in [0.2, 0.25) is 0 Å². The third-order valence-electron chi connectivity index (χ3n) is 2.75. The standard InChI is InChI=1S/C16H15N3O/c1-12-7-9-18-11-15(12)19-16(20)14-6-2-4-13(10-14)5-3-8-17/h2,4,6-7,9-11H,8,17H2,1H3,(H,19,20). The minimum absolute atomic E-state index is 0.183. The van der Waals surface area contributed by atoms with Crippen molar-refractivity contribution >= 4 is 11.6 Å². The molecular weight excluding hydrogens is 250 g/mol. The van der Waals surface area contributed by atoms with Gasteiger partial charge in [-0.05, 0) is 36.8 Å². The van der Waals surface area contributed by atoms with Gasteiger partial charge in [0.25, 0.3) is 5.91 Å². The van der Waals surface area contributed by atoms with Crippen LogP contribution in [0.5, 0.6) is 0 Å². The number of aromatic nitrogens is 1. The molecule has 1 heterocycles. The largest absolute Gasteiger partial charge is 0.320 e. The molecule has 2 aromatic rings. The summed E-state index contributed by atoms with van der Waals surface area (Å²) in [5, 5.41) is 2.84. The monoisotopic (exact) mass is 265 g/mol. The van der Waals surface area contributed by atoms with Crippen LogP contribution in [0.4, 0.5) is 5.69 Å². The van der Waals surface area contributed by atoms with Crippen molar-refractivity contribution in [3.63, 3.8) is 0 Å². The zero-order chi connectivity index (χ0) is 14.4. The SMILES string of the molecule is Cc1ccncc1NC(=O)c1cccc(C#CCN)c1. The van der Waals surface area contributed by atoms with Crippen molar-refractivity contribution < 1.29 is 4.79 Å². The molecule has 1 amide bonds. The molecule has 100 valence electrons. The summed E-state index contributed by atoms with van der Waals surface area (Å²) in [6.45, 7) is 2.21. The minimum Gasteiger partial charge on any atom is -0.320 e. The molecule has 0 unspecified atom stereocenters. The molecule has 0 bridgehead atoms. The molecule has 0 spiro atoms. The van der Waals surface area contributed by atoms with Crippen molar-refractivity contribution in [1.82, 2.24) is 4.98 Å². The minimum atomic E-state index is -0.183. The molecule has 0 fully saturated rings. The lowest BCUT2D eigenvalue weighted by Crippen LogP contribution is -2.13. The predicted molar refractivity (Wildman–Crippen MR) is 79.3 cm³/mol. The molecule has 0 saturated carbocycles. The zero-order valence-corrected chi connectivity index (χ0v) is 11.2. The lowest BCUT2D eigenvalue weighted by molar-refractivity contribution is 0.102. The maximum atomic E-state index is 12.2. The molecule has 4 heteroatoms. The van der Waals surface area contributed by atoms with Gasteiger partial charge in [0.05, 0.1) is 18.4 Å². The molecule has 2 rings (SSSR count). The van der Waals surface area contributed by atoms with Crippen LogP contribution in [-0.4, -0.2) is 17.4 Å². The van der Waals surface area contributed by atoms with Crippen LogP contribution in [-0.2, 0) is 0 Å². The normalized spacial score (nSPS) is 9.50. The Morgan fingerprint density at radius 2 is 2.25 bits per heavy atom. The fourth-order valence-corrected chi connectivity index (χ4v) is 1.68. The smallest absolute Gasteiger partial charge is 0.255 e. The van der Waals surface area contributed by atoms with E-state index in [-0.39, 0.29) is 5.91 Å². The van der Waals surface area contributed by atoms with Crippen LogP contribution in [0.1, 0.15) is 21.5 Å². The van der Waals surface area contributed by atoms with Gasteiger partial charge in [0.1, 0.15) is 0 Å². The number of nitrogens with zero attached hydrogens (tertiary/aromatic N) is 1. The Morgan fingerprint density at radius 1 is 1.40 bits per heavy atom. The highest BCUT2D eigenvalue weighted by Gasteiger charge is 2.07. The van der Waals surface area contributed by atoms with Gasteiger partial charge in [-0.15, -0.1) is 0 Å². The van der Waals surface area contributed by atoms with E-state index in [2.05, 4.69) is 22.1 Å². The second kappa shape index (κ2) is 6.50.